The molecule has 0 bridgehead atoms. The van der Waals surface area contributed by atoms with E-state index in [9.17, 15) is 22.8 Å². The molecule has 0 aliphatic rings. The Morgan fingerprint density at radius 2 is 2.00 bits per heavy atom. The topological polar surface area (TPSA) is 69.6 Å². The van der Waals surface area contributed by atoms with E-state index in [1.165, 1.54) is 7.05 Å². The second-order valence-corrected chi connectivity index (χ2v) is 4.53. The minimum atomic E-state index is -4.73. The van der Waals surface area contributed by atoms with Crippen LogP contribution < -0.4 is 5.32 Å². The maximum atomic E-state index is 12.8. The molecular formula is C12H12ClF3N2O3. The Kier molecular flexibility index (Phi) is 5.56. The monoisotopic (exact) mass is 324 g/mol. The summed E-state index contributed by atoms with van der Waals surface area (Å²) in [6.07, 6.45) is -4.73. The fraction of sp³-hybridized carbons (Fsp3) is 0.333. The van der Waals surface area contributed by atoms with Gasteiger partial charge in [0, 0.05) is 18.6 Å². The van der Waals surface area contributed by atoms with Crippen LogP contribution in [0.4, 0.5) is 18.9 Å². The van der Waals surface area contributed by atoms with E-state index in [-0.39, 0.29) is 18.2 Å². The van der Waals surface area contributed by atoms with E-state index >= 15 is 0 Å². The van der Waals surface area contributed by atoms with Crippen molar-refractivity contribution < 1.29 is 27.9 Å². The zero-order chi connectivity index (χ0) is 16.2. The average molecular weight is 325 g/mol. The molecule has 0 aliphatic carbocycles. The molecule has 0 heterocycles. The third-order valence-electron chi connectivity index (χ3n) is 2.51. The summed E-state index contributed by atoms with van der Waals surface area (Å²) in [5.74, 6) is -2.30. The summed E-state index contributed by atoms with van der Waals surface area (Å²) in [7, 11) is 1.24. The molecule has 0 aliphatic heterocycles. The molecule has 0 unspecified atom stereocenters. The number of carbonyl (C=O) groups is 2. The van der Waals surface area contributed by atoms with Crippen LogP contribution in [0.25, 0.3) is 0 Å². The molecule has 0 saturated heterocycles. The predicted molar refractivity (Wildman–Crippen MR) is 69.8 cm³/mol. The van der Waals surface area contributed by atoms with E-state index in [0.29, 0.717) is 6.07 Å². The molecule has 2 N–H and O–H groups in total. The summed E-state index contributed by atoms with van der Waals surface area (Å²) in [4.78, 5) is 24.1. The van der Waals surface area contributed by atoms with Crippen molar-refractivity contribution in [3.63, 3.8) is 0 Å². The molecule has 9 heteroatoms. The second-order valence-electron chi connectivity index (χ2n) is 4.09. The first kappa shape index (κ1) is 17.3. The highest BCUT2D eigenvalue weighted by Crippen LogP contribution is 2.36. The summed E-state index contributed by atoms with van der Waals surface area (Å²) in [5.41, 5.74) is -1.72. The molecule has 1 aromatic carbocycles. The second kappa shape index (κ2) is 6.77. The number of benzene rings is 1. The lowest BCUT2D eigenvalue weighted by atomic mass is 10.1. The van der Waals surface area contributed by atoms with Crippen LogP contribution in [0.15, 0.2) is 18.2 Å². The fourth-order valence-corrected chi connectivity index (χ4v) is 1.63. The van der Waals surface area contributed by atoms with Gasteiger partial charge in [0.1, 0.15) is 0 Å². The Bertz CT molecular complexity index is 549. The van der Waals surface area contributed by atoms with Gasteiger partial charge in [0.05, 0.1) is 17.9 Å². The van der Waals surface area contributed by atoms with Crippen molar-refractivity contribution in [2.45, 2.75) is 6.18 Å². The van der Waals surface area contributed by atoms with Crippen molar-refractivity contribution in [2.24, 2.45) is 0 Å². The smallest absolute Gasteiger partial charge is 0.395 e. The molecular weight excluding hydrogens is 313 g/mol. The predicted octanol–water partition coefficient (Wildman–Crippen LogP) is 1.75. The van der Waals surface area contributed by atoms with Gasteiger partial charge in [-0.2, -0.15) is 13.2 Å². The van der Waals surface area contributed by atoms with E-state index in [4.69, 9.17) is 16.7 Å². The first-order chi connectivity index (χ1) is 9.66. The summed E-state index contributed by atoms with van der Waals surface area (Å²) in [6, 6.07) is 2.77. The lowest BCUT2D eigenvalue weighted by Crippen LogP contribution is -2.38. The molecule has 0 aromatic heterocycles. The van der Waals surface area contributed by atoms with Gasteiger partial charge in [-0.1, -0.05) is 11.6 Å². The number of rotatable bonds is 3. The van der Waals surface area contributed by atoms with Gasteiger partial charge in [-0.25, -0.2) is 0 Å². The van der Waals surface area contributed by atoms with Crippen molar-refractivity contribution in [1.82, 2.24) is 4.90 Å². The highest BCUT2D eigenvalue weighted by Gasteiger charge is 2.34. The van der Waals surface area contributed by atoms with Crippen molar-refractivity contribution in [3.05, 3.63) is 28.8 Å². The molecule has 1 aromatic rings. The standard InChI is InChI=1S/C12H12ClF3N2O3/c1-18(4-5-19)11(21)10(20)17-9-3-2-7(13)6-8(9)12(14,15)16/h2-3,6,19H,4-5H2,1H3,(H,17,20). The average Bonchev–Trinajstić information content (AvgIpc) is 2.38. The van der Waals surface area contributed by atoms with Gasteiger partial charge in [-0.15, -0.1) is 0 Å². The van der Waals surface area contributed by atoms with Crippen LogP contribution >= 0.6 is 11.6 Å². The molecule has 0 saturated carbocycles. The van der Waals surface area contributed by atoms with Crippen LogP contribution in [0.1, 0.15) is 5.56 Å². The molecule has 2 amide bonds. The van der Waals surface area contributed by atoms with Gasteiger partial charge in [-0.05, 0) is 18.2 Å². The largest absolute Gasteiger partial charge is 0.418 e. The number of nitrogens with zero attached hydrogens (tertiary/aromatic N) is 1. The molecule has 0 radical (unpaired) electrons. The van der Waals surface area contributed by atoms with E-state index in [1.54, 1.807) is 0 Å². The number of anilines is 1. The number of carbonyl (C=O) groups excluding carboxylic acids is 2. The quantitative estimate of drug-likeness (QED) is 0.832. The van der Waals surface area contributed by atoms with Crippen molar-refractivity contribution >= 4 is 29.1 Å². The van der Waals surface area contributed by atoms with E-state index in [2.05, 4.69) is 0 Å². The van der Waals surface area contributed by atoms with Gasteiger partial charge < -0.3 is 15.3 Å². The van der Waals surface area contributed by atoms with Crippen LogP contribution in [0.2, 0.25) is 5.02 Å². The van der Waals surface area contributed by atoms with Crippen LogP contribution in [-0.2, 0) is 15.8 Å². The van der Waals surface area contributed by atoms with E-state index < -0.39 is 29.2 Å². The first-order valence-electron chi connectivity index (χ1n) is 5.71. The maximum absolute atomic E-state index is 12.8. The lowest BCUT2D eigenvalue weighted by molar-refractivity contribution is -0.142. The molecule has 0 atom stereocenters. The molecule has 116 valence electrons. The highest BCUT2D eigenvalue weighted by molar-refractivity contribution is 6.39. The third kappa shape index (κ3) is 4.61. The SMILES string of the molecule is CN(CCO)C(=O)C(=O)Nc1ccc(Cl)cc1C(F)(F)F. The zero-order valence-electron chi connectivity index (χ0n) is 10.9. The number of aliphatic hydroxyl groups excluding tert-OH is 1. The van der Waals surface area contributed by atoms with Gasteiger partial charge in [0.2, 0.25) is 0 Å². The number of likely N-dealkylation sites (N-methyl/N-ethyl adjacent to an activating group) is 1. The van der Waals surface area contributed by atoms with Crippen LogP contribution in [-0.4, -0.2) is 42.0 Å². The minimum Gasteiger partial charge on any atom is -0.395 e. The van der Waals surface area contributed by atoms with Crippen molar-refractivity contribution in [2.75, 3.05) is 25.5 Å². The van der Waals surface area contributed by atoms with E-state index in [1.807, 2.05) is 5.32 Å². The number of nitrogens with one attached hydrogen (secondary N) is 1. The summed E-state index contributed by atoms with van der Waals surface area (Å²) >= 11 is 5.50. The Balaban J connectivity index is 2.98. The van der Waals surface area contributed by atoms with Crippen LogP contribution in [0.3, 0.4) is 0 Å². The number of amides is 2. The number of halogens is 4. The minimum absolute atomic E-state index is 0.112. The Morgan fingerprint density at radius 1 is 1.38 bits per heavy atom. The molecule has 0 spiro atoms. The number of hydrogen-bond acceptors (Lipinski definition) is 3. The lowest BCUT2D eigenvalue weighted by Gasteiger charge is -2.17. The fourth-order valence-electron chi connectivity index (χ4n) is 1.46. The van der Waals surface area contributed by atoms with Crippen molar-refractivity contribution in [1.29, 1.82) is 0 Å². The van der Waals surface area contributed by atoms with Crippen molar-refractivity contribution in [3.8, 4) is 0 Å². The van der Waals surface area contributed by atoms with Crippen LogP contribution in [0.5, 0.6) is 0 Å². The molecule has 21 heavy (non-hydrogen) atoms. The molecule has 1 rings (SSSR count). The Labute approximate surface area is 123 Å². The Hall–Kier alpha value is -1.80. The van der Waals surface area contributed by atoms with Gasteiger partial charge in [0.25, 0.3) is 0 Å². The van der Waals surface area contributed by atoms with Gasteiger partial charge in [-0.3, -0.25) is 9.59 Å². The number of hydrogen-bond donors (Lipinski definition) is 2. The third-order valence-corrected chi connectivity index (χ3v) is 2.75. The normalized spacial score (nSPS) is 11.1. The van der Waals surface area contributed by atoms with Gasteiger partial charge in [0.15, 0.2) is 0 Å². The molecule has 5 nitrogen and oxygen atoms in total. The summed E-state index contributed by atoms with van der Waals surface area (Å²) < 4.78 is 38.5. The number of alkyl halides is 3. The molecule has 0 fully saturated rings. The number of aliphatic hydroxyl groups is 1. The highest BCUT2D eigenvalue weighted by atomic mass is 35.5. The Morgan fingerprint density at radius 3 is 2.52 bits per heavy atom. The zero-order valence-corrected chi connectivity index (χ0v) is 11.6. The van der Waals surface area contributed by atoms with Gasteiger partial charge >= 0.3 is 18.0 Å². The van der Waals surface area contributed by atoms with E-state index in [0.717, 1.165) is 17.0 Å². The summed E-state index contributed by atoms with van der Waals surface area (Å²) in [5, 5.41) is 10.4. The maximum Gasteiger partial charge on any atom is 0.418 e. The first-order valence-corrected chi connectivity index (χ1v) is 6.08. The van der Waals surface area contributed by atoms with Crippen LogP contribution in [0, 0.1) is 0 Å². The summed E-state index contributed by atoms with van der Waals surface area (Å²) in [6.45, 7) is -0.483.